The van der Waals surface area contributed by atoms with Gasteiger partial charge in [0.15, 0.2) is 6.61 Å². The van der Waals surface area contributed by atoms with Crippen LogP contribution >= 0.6 is 11.6 Å². The summed E-state index contributed by atoms with van der Waals surface area (Å²) in [6.07, 6.45) is 2.78. The number of halogens is 1. The zero-order chi connectivity index (χ0) is 21.9. The minimum atomic E-state index is -3.99. The molecule has 0 aliphatic rings. The Morgan fingerprint density at radius 1 is 1.23 bits per heavy atom. The van der Waals surface area contributed by atoms with E-state index in [9.17, 15) is 18.0 Å². The number of nitrogens with zero attached hydrogens (tertiary/aromatic N) is 3. The van der Waals surface area contributed by atoms with E-state index >= 15 is 0 Å². The Labute approximate surface area is 176 Å². The maximum Gasteiger partial charge on any atom is 0.338 e. The molecule has 0 bridgehead atoms. The number of amides is 1. The Bertz CT molecular complexity index is 1210. The van der Waals surface area contributed by atoms with Crippen LogP contribution in [-0.2, 0) is 19.6 Å². The molecule has 3 rings (SSSR count). The Balaban J connectivity index is 1.72. The van der Waals surface area contributed by atoms with E-state index < -0.39 is 28.5 Å². The van der Waals surface area contributed by atoms with Crippen LogP contribution in [0.25, 0.3) is 5.69 Å². The number of hydrogen-bond acceptors (Lipinski definition) is 7. The summed E-state index contributed by atoms with van der Waals surface area (Å²) >= 11 is 6.00. The van der Waals surface area contributed by atoms with Gasteiger partial charge in [-0.05, 0) is 42.8 Å². The van der Waals surface area contributed by atoms with Crippen LogP contribution in [0.15, 0.2) is 53.9 Å². The molecule has 0 aliphatic carbocycles. The lowest BCUT2D eigenvalue weighted by Gasteiger charge is -2.12. The van der Waals surface area contributed by atoms with Crippen molar-refractivity contribution in [1.82, 2.24) is 14.8 Å². The molecule has 3 N–H and O–H groups in total. The second-order valence-corrected chi connectivity index (χ2v) is 8.15. The fraction of sp³-hybridized carbons (Fsp3) is 0.111. The highest BCUT2D eigenvalue weighted by Crippen LogP contribution is 2.24. The molecule has 0 unspecified atom stereocenters. The molecule has 10 nitrogen and oxygen atoms in total. The molecule has 2 aromatic carbocycles. The third-order valence-corrected chi connectivity index (χ3v) is 5.14. The zero-order valence-corrected chi connectivity index (χ0v) is 17.1. The van der Waals surface area contributed by atoms with Crippen molar-refractivity contribution < 1.29 is 22.7 Å². The number of aromatic nitrogens is 3. The predicted octanol–water partition coefficient (Wildman–Crippen LogP) is 1.67. The van der Waals surface area contributed by atoms with Crippen molar-refractivity contribution in [3.05, 3.63) is 65.2 Å². The molecular weight excluding hydrogens is 434 g/mol. The summed E-state index contributed by atoms with van der Waals surface area (Å²) < 4.78 is 29.4. The van der Waals surface area contributed by atoms with Gasteiger partial charge >= 0.3 is 5.97 Å². The minimum absolute atomic E-state index is 0.0135. The molecule has 156 valence electrons. The van der Waals surface area contributed by atoms with E-state index in [1.807, 2.05) is 0 Å². The number of aryl methyl sites for hydroxylation is 1. The van der Waals surface area contributed by atoms with Gasteiger partial charge in [-0.2, -0.15) is 5.10 Å². The van der Waals surface area contributed by atoms with Gasteiger partial charge in [0.25, 0.3) is 5.91 Å². The molecular formula is C18H16ClN5O5S. The number of anilines is 1. The monoisotopic (exact) mass is 449 g/mol. The Hall–Kier alpha value is -3.28. The highest BCUT2D eigenvalue weighted by atomic mass is 35.5. The standard InChI is InChI=1S/C18H16ClN5O5S/c1-11-2-4-13(30(20,27)28)7-14(11)18(26)29-8-17(25)23-15-6-12(19)3-5-16(15)24-10-21-9-22-24/h2-7,9-10H,8H2,1H3,(H,23,25)(H2,20,27,28). The largest absolute Gasteiger partial charge is 0.452 e. The first-order chi connectivity index (χ1) is 14.1. The fourth-order valence-electron chi connectivity index (χ4n) is 2.53. The highest BCUT2D eigenvalue weighted by molar-refractivity contribution is 7.89. The van der Waals surface area contributed by atoms with Gasteiger partial charge in [0, 0.05) is 5.02 Å². The van der Waals surface area contributed by atoms with Gasteiger partial charge in [-0.15, -0.1) is 0 Å². The van der Waals surface area contributed by atoms with Crippen LogP contribution in [0.1, 0.15) is 15.9 Å². The van der Waals surface area contributed by atoms with Gasteiger partial charge < -0.3 is 10.1 Å². The van der Waals surface area contributed by atoms with Gasteiger partial charge in [-0.3, -0.25) is 4.79 Å². The maximum atomic E-state index is 12.3. The van der Waals surface area contributed by atoms with E-state index in [1.165, 1.54) is 35.5 Å². The molecule has 1 amide bonds. The molecule has 12 heteroatoms. The van der Waals surface area contributed by atoms with Crippen LogP contribution in [0, 0.1) is 6.92 Å². The number of hydrogen-bond donors (Lipinski definition) is 2. The Morgan fingerprint density at radius 2 is 2.00 bits per heavy atom. The summed E-state index contributed by atoms with van der Waals surface area (Å²) in [5, 5.41) is 12.1. The average molecular weight is 450 g/mol. The third kappa shape index (κ3) is 5.00. The molecule has 1 aromatic heterocycles. The van der Waals surface area contributed by atoms with Gasteiger partial charge in [-0.1, -0.05) is 17.7 Å². The van der Waals surface area contributed by atoms with E-state index in [1.54, 1.807) is 19.1 Å². The number of rotatable bonds is 6. The predicted molar refractivity (Wildman–Crippen MR) is 108 cm³/mol. The number of carbonyl (C=O) groups is 2. The quantitative estimate of drug-likeness (QED) is 0.544. The number of benzene rings is 2. The topological polar surface area (TPSA) is 146 Å². The normalized spacial score (nSPS) is 11.2. The van der Waals surface area contributed by atoms with Crippen LogP contribution < -0.4 is 10.5 Å². The van der Waals surface area contributed by atoms with Gasteiger partial charge in [0.2, 0.25) is 10.0 Å². The van der Waals surface area contributed by atoms with Crippen LogP contribution in [0.4, 0.5) is 5.69 Å². The van der Waals surface area contributed by atoms with E-state index in [4.69, 9.17) is 21.5 Å². The van der Waals surface area contributed by atoms with E-state index in [2.05, 4.69) is 15.4 Å². The minimum Gasteiger partial charge on any atom is -0.452 e. The van der Waals surface area contributed by atoms with E-state index in [0.29, 0.717) is 22.0 Å². The number of nitrogens with two attached hydrogens (primary N) is 1. The molecule has 30 heavy (non-hydrogen) atoms. The highest BCUT2D eigenvalue weighted by Gasteiger charge is 2.18. The molecule has 1 heterocycles. The summed E-state index contributed by atoms with van der Waals surface area (Å²) in [6, 6.07) is 8.57. The summed E-state index contributed by atoms with van der Waals surface area (Å²) in [5.41, 5.74) is 1.30. The van der Waals surface area contributed by atoms with E-state index in [0.717, 1.165) is 6.07 Å². The fourth-order valence-corrected chi connectivity index (χ4v) is 3.25. The Morgan fingerprint density at radius 3 is 2.67 bits per heavy atom. The van der Waals surface area contributed by atoms with Crippen molar-refractivity contribution in [2.45, 2.75) is 11.8 Å². The SMILES string of the molecule is Cc1ccc(S(N)(=O)=O)cc1C(=O)OCC(=O)Nc1cc(Cl)ccc1-n1cncn1. The lowest BCUT2D eigenvalue weighted by atomic mass is 10.1. The zero-order valence-electron chi connectivity index (χ0n) is 15.6. The van der Waals surface area contributed by atoms with Crippen LogP contribution in [0.3, 0.4) is 0 Å². The second-order valence-electron chi connectivity index (χ2n) is 6.15. The van der Waals surface area contributed by atoms with Crippen molar-refractivity contribution in [2.75, 3.05) is 11.9 Å². The third-order valence-electron chi connectivity index (χ3n) is 3.99. The summed E-state index contributed by atoms with van der Waals surface area (Å²) in [7, 11) is -3.99. The number of ether oxygens (including phenoxy) is 1. The van der Waals surface area contributed by atoms with Gasteiger partial charge in [-0.25, -0.2) is 28.0 Å². The van der Waals surface area contributed by atoms with E-state index in [-0.39, 0.29) is 10.5 Å². The molecule has 0 atom stereocenters. The number of nitrogens with one attached hydrogen (secondary N) is 1. The summed E-state index contributed by atoms with van der Waals surface area (Å²) in [5.74, 6) is -1.50. The first-order valence-corrected chi connectivity index (χ1v) is 10.3. The molecule has 0 fully saturated rings. The molecule has 0 aliphatic heterocycles. The van der Waals surface area contributed by atoms with Crippen LogP contribution in [0.5, 0.6) is 0 Å². The molecule has 0 saturated carbocycles. The number of esters is 1. The molecule has 0 saturated heterocycles. The lowest BCUT2D eigenvalue weighted by Crippen LogP contribution is -2.22. The molecule has 0 spiro atoms. The number of sulfonamides is 1. The summed E-state index contributed by atoms with van der Waals surface area (Å²) in [4.78, 5) is 28.2. The number of carbonyl (C=O) groups excluding carboxylic acids is 2. The van der Waals surface area contributed by atoms with Gasteiger partial charge in [0.05, 0.1) is 21.8 Å². The lowest BCUT2D eigenvalue weighted by molar-refractivity contribution is -0.119. The van der Waals surface area contributed by atoms with Gasteiger partial charge in [0.1, 0.15) is 12.7 Å². The van der Waals surface area contributed by atoms with Crippen molar-refractivity contribution in [1.29, 1.82) is 0 Å². The summed E-state index contributed by atoms with van der Waals surface area (Å²) in [6.45, 7) is 0.987. The van der Waals surface area contributed by atoms with Crippen molar-refractivity contribution in [2.24, 2.45) is 5.14 Å². The average Bonchev–Trinajstić information content (AvgIpc) is 3.20. The smallest absolute Gasteiger partial charge is 0.338 e. The van der Waals surface area contributed by atoms with Crippen molar-refractivity contribution >= 4 is 39.2 Å². The first kappa shape index (κ1) is 21.4. The molecule has 3 aromatic rings. The molecule has 0 radical (unpaired) electrons. The van der Waals surface area contributed by atoms with Crippen molar-refractivity contribution in [3.63, 3.8) is 0 Å². The van der Waals surface area contributed by atoms with Crippen molar-refractivity contribution in [3.8, 4) is 5.69 Å². The number of primary sulfonamides is 1. The van der Waals surface area contributed by atoms with Crippen LogP contribution in [-0.4, -0.2) is 41.7 Å². The maximum absolute atomic E-state index is 12.3. The Kier molecular flexibility index (Phi) is 6.15. The second kappa shape index (κ2) is 8.61. The van der Waals surface area contributed by atoms with Crippen LogP contribution in [0.2, 0.25) is 5.02 Å². The first-order valence-electron chi connectivity index (χ1n) is 8.40.